The summed E-state index contributed by atoms with van der Waals surface area (Å²) >= 11 is 0. The summed E-state index contributed by atoms with van der Waals surface area (Å²) in [4.78, 5) is 72.1. The number of ether oxygens (including phenoxy) is 5. The summed E-state index contributed by atoms with van der Waals surface area (Å²) in [5.74, 6) is -7.94. The third-order valence-electron chi connectivity index (χ3n) is 14.6. The Morgan fingerprint density at radius 1 is 0.879 bits per heavy atom. The molecule has 2 bridgehead atoms. The molecule has 4 aliphatic rings. The summed E-state index contributed by atoms with van der Waals surface area (Å²) in [6.45, 7) is 14.7. The maximum atomic E-state index is 14.4. The summed E-state index contributed by atoms with van der Waals surface area (Å²) in [7, 11) is 3.15. The van der Waals surface area contributed by atoms with Crippen molar-refractivity contribution in [1.82, 2.24) is 4.90 Å². The molecule has 14 heteroatoms. The van der Waals surface area contributed by atoms with Crippen molar-refractivity contribution >= 4 is 29.2 Å². The van der Waals surface area contributed by atoms with Crippen LogP contribution in [0.2, 0.25) is 0 Å². The number of ketones is 3. The van der Waals surface area contributed by atoms with E-state index in [1.807, 2.05) is 58.1 Å². The molecule has 3 fully saturated rings. The minimum Gasteiger partial charge on any atom is -0.460 e. The number of hydrogen-bond acceptors (Lipinski definition) is 13. The van der Waals surface area contributed by atoms with Crippen molar-refractivity contribution in [1.29, 1.82) is 0 Å². The smallest absolute Gasteiger partial charge is 0.329 e. The van der Waals surface area contributed by atoms with E-state index in [-0.39, 0.29) is 61.4 Å². The second-order valence-corrected chi connectivity index (χ2v) is 19.8. The van der Waals surface area contributed by atoms with Crippen LogP contribution in [0.15, 0.2) is 47.6 Å². The molecule has 15 atom stereocenters. The number of amides is 1. The maximum Gasteiger partial charge on any atom is 0.329 e. The topological polar surface area (TPSA) is 195 Å². The fourth-order valence-electron chi connectivity index (χ4n) is 10.2. The third-order valence-corrected chi connectivity index (χ3v) is 14.6. The van der Waals surface area contributed by atoms with E-state index in [1.54, 1.807) is 48.0 Å². The number of aliphatic hydroxyl groups excluding tert-OH is 2. The molecule has 1 saturated carbocycles. The summed E-state index contributed by atoms with van der Waals surface area (Å²) < 4.78 is 29.7. The maximum absolute atomic E-state index is 14.4. The van der Waals surface area contributed by atoms with Crippen LogP contribution in [-0.2, 0) is 47.7 Å². The van der Waals surface area contributed by atoms with Crippen molar-refractivity contribution < 1.29 is 63.0 Å². The highest BCUT2D eigenvalue weighted by atomic mass is 16.6. The molecule has 372 valence electrons. The van der Waals surface area contributed by atoms with Gasteiger partial charge in [0, 0.05) is 58.0 Å². The van der Waals surface area contributed by atoms with E-state index >= 15 is 0 Å². The van der Waals surface area contributed by atoms with E-state index in [1.165, 1.54) is 4.90 Å². The van der Waals surface area contributed by atoms with E-state index in [0.29, 0.717) is 63.4 Å². The normalized spacial score (nSPS) is 40.0. The van der Waals surface area contributed by atoms with Crippen LogP contribution in [0.5, 0.6) is 0 Å². The Morgan fingerprint density at radius 2 is 1.61 bits per heavy atom. The van der Waals surface area contributed by atoms with Crippen LogP contribution in [-0.4, -0.2) is 131 Å². The zero-order valence-corrected chi connectivity index (χ0v) is 41.3. The van der Waals surface area contributed by atoms with E-state index in [0.717, 1.165) is 12.0 Å². The summed E-state index contributed by atoms with van der Waals surface area (Å²) in [6, 6.07) is -1.14. The molecular formula is C52H81NO13. The molecule has 0 aromatic carbocycles. The van der Waals surface area contributed by atoms with Crippen molar-refractivity contribution in [3.05, 3.63) is 47.6 Å². The van der Waals surface area contributed by atoms with Gasteiger partial charge in [0.15, 0.2) is 5.78 Å². The molecule has 0 unspecified atom stereocenters. The first kappa shape index (κ1) is 55.2. The van der Waals surface area contributed by atoms with Gasteiger partial charge < -0.3 is 43.9 Å². The van der Waals surface area contributed by atoms with Crippen molar-refractivity contribution in [3.63, 3.8) is 0 Å². The fraction of sp³-hybridized carbons (Fsp3) is 0.750. The average molecular weight is 928 g/mol. The number of rotatable bonds is 7. The SMILES string of the molecule is CCO[C@H]1C(=O)[C@H](C)C[C@H](C)/C=C/C=C/C=C(\C)[C@@H](OC)C[C@@H]2CC[C@@H](C)[C@@](O)(O2)C(=O)C(=O)N2CCCC[C@H]2C(=O)O[C@H]([C@@H](C)C[C@@H]2CC[C@@H](O)[C@H](OC)C2)CC(=O)[C@H](C)/C=C(\C)[C@H]1O. The second-order valence-electron chi connectivity index (χ2n) is 19.8. The van der Waals surface area contributed by atoms with Crippen LogP contribution in [0.3, 0.4) is 0 Å². The first-order chi connectivity index (χ1) is 31.2. The van der Waals surface area contributed by atoms with Crippen LogP contribution < -0.4 is 0 Å². The Morgan fingerprint density at radius 3 is 2.29 bits per heavy atom. The van der Waals surface area contributed by atoms with Gasteiger partial charge in [-0.15, -0.1) is 0 Å². The lowest BCUT2D eigenvalue weighted by Crippen LogP contribution is -2.61. The average Bonchev–Trinajstić information content (AvgIpc) is 3.29. The molecule has 1 aliphatic carbocycles. The summed E-state index contributed by atoms with van der Waals surface area (Å²) in [5.41, 5.74) is 1.28. The first-order valence-electron chi connectivity index (χ1n) is 24.5. The van der Waals surface area contributed by atoms with Gasteiger partial charge in [0.2, 0.25) is 5.79 Å². The van der Waals surface area contributed by atoms with Gasteiger partial charge in [-0.1, -0.05) is 71.1 Å². The van der Waals surface area contributed by atoms with Crippen LogP contribution in [0.4, 0.5) is 0 Å². The Balaban J connectivity index is 1.71. The van der Waals surface area contributed by atoms with Crippen molar-refractivity contribution in [2.24, 2.45) is 35.5 Å². The largest absolute Gasteiger partial charge is 0.460 e. The number of allylic oxidation sites excluding steroid dienone is 6. The van der Waals surface area contributed by atoms with E-state index in [4.69, 9.17) is 23.7 Å². The Hall–Kier alpha value is -3.37. The molecule has 1 amide bonds. The number of hydrogen-bond donors (Lipinski definition) is 3. The predicted molar refractivity (Wildman–Crippen MR) is 250 cm³/mol. The number of aliphatic hydroxyl groups is 3. The van der Waals surface area contributed by atoms with Gasteiger partial charge in [0.1, 0.15) is 30.1 Å². The third kappa shape index (κ3) is 14.6. The van der Waals surface area contributed by atoms with Crippen molar-refractivity contribution in [2.45, 2.75) is 187 Å². The highest BCUT2D eigenvalue weighted by Gasteiger charge is 2.53. The summed E-state index contributed by atoms with van der Waals surface area (Å²) in [5, 5.41) is 34.0. The molecule has 2 saturated heterocycles. The first-order valence-corrected chi connectivity index (χ1v) is 24.5. The number of nitrogens with zero attached hydrogens (tertiary/aromatic N) is 1. The van der Waals surface area contributed by atoms with Crippen LogP contribution >= 0.6 is 0 Å². The Kier molecular flexibility index (Phi) is 21.6. The standard InChI is InChI=1S/C52H81NO13/c1-11-64-48-46(56)35(6)25-31(2)17-13-12-14-18-32(3)43(62-9)29-39-22-20-37(8)52(61,66-39)49(58)50(59)53-24-16-15-19-40(53)51(60)65-44(30-42(55)33(4)26-36(7)47(48)57)34(5)27-38-21-23-41(54)45(28-38)63-10/h12-14,17-18,26,31,33-35,37-41,43-45,47-48,54,57,61H,11,15-16,19-25,27-30H2,1-10H3/b14-12+,17-13+,32-18+,36-26+/t31-,33-,34+,35-,37-,38+,39+,40+,41-,43+,44+,45-,47-,48+,52-/m1/s1. The number of carbonyl (C=O) groups excluding carboxylic acids is 5. The number of carbonyl (C=O) groups is 5. The molecule has 14 nitrogen and oxygen atoms in total. The molecule has 3 aliphatic heterocycles. The zero-order chi connectivity index (χ0) is 48.9. The molecule has 0 spiro atoms. The quantitative estimate of drug-likeness (QED) is 0.141. The number of fused-ring (bicyclic) bond motifs is 3. The lowest BCUT2D eigenvalue weighted by atomic mass is 9.78. The van der Waals surface area contributed by atoms with Gasteiger partial charge in [-0.25, -0.2) is 4.79 Å². The number of cyclic esters (lactones) is 1. The predicted octanol–water partition coefficient (Wildman–Crippen LogP) is 6.57. The number of methoxy groups -OCH3 is 2. The molecular weight excluding hydrogens is 847 g/mol. The van der Waals surface area contributed by atoms with Gasteiger partial charge in [0.05, 0.1) is 24.4 Å². The molecule has 0 radical (unpaired) electrons. The van der Waals surface area contributed by atoms with Gasteiger partial charge >= 0.3 is 5.97 Å². The Bertz CT molecular complexity index is 1770. The van der Waals surface area contributed by atoms with Gasteiger partial charge in [-0.2, -0.15) is 0 Å². The van der Waals surface area contributed by atoms with Crippen LogP contribution in [0.25, 0.3) is 0 Å². The number of piperidine rings is 1. The fourth-order valence-corrected chi connectivity index (χ4v) is 10.2. The van der Waals surface area contributed by atoms with Crippen molar-refractivity contribution in [3.8, 4) is 0 Å². The van der Waals surface area contributed by atoms with E-state index < -0.39 is 83.9 Å². The monoisotopic (exact) mass is 928 g/mol. The minimum atomic E-state index is -2.43. The van der Waals surface area contributed by atoms with Crippen molar-refractivity contribution in [2.75, 3.05) is 27.4 Å². The highest BCUT2D eigenvalue weighted by Crippen LogP contribution is 2.38. The molecule has 3 heterocycles. The summed E-state index contributed by atoms with van der Waals surface area (Å²) in [6.07, 6.45) is 11.2. The van der Waals surface area contributed by atoms with Crippen LogP contribution in [0, 0.1) is 35.5 Å². The molecule has 0 aromatic rings. The Labute approximate surface area is 393 Å². The zero-order valence-electron chi connectivity index (χ0n) is 41.3. The molecule has 3 N–H and O–H groups in total. The number of Topliss-reactive ketones (excluding diaryl/α,β-unsaturated/α-hetero) is 3. The van der Waals surface area contributed by atoms with Gasteiger partial charge in [0.25, 0.3) is 11.7 Å². The second kappa shape index (κ2) is 25.8. The molecule has 0 aromatic heterocycles. The van der Waals surface area contributed by atoms with E-state index in [9.17, 15) is 39.3 Å². The molecule has 66 heavy (non-hydrogen) atoms. The minimum absolute atomic E-state index is 0.0191. The van der Waals surface area contributed by atoms with Crippen LogP contribution in [0.1, 0.15) is 132 Å². The van der Waals surface area contributed by atoms with Gasteiger partial charge in [-0.3, -0.25) is 19.2 Å². The van der Waals surface area contributed by atoms with Gasteiger partial charge in [-0.05, 0) is 114 Å². The molecule has 4 rings (SSSR count). The highest BCUT2D eigenvalue weighted by molar-refractivity contribution is 6.39. The number of esters is 1. The van der Waals surface area contributed by atoms with E-state index in [2.05, 4.69) is 0 Å². The lowest BCUT2D eigenvalue weighted by molar-refractivity contribution is -0.265. The lowest BCUT2D eigenvalue weighted by Gasteiger charge is -2.42.